The van der Waals surface area contributed by atoms with Gasteiger partial charge in [0, 0.05) is 5.69 Å². The summed E-state index contributed by atoms with van der Waals surface area (Å²) in [5.41, 5.74) is -2.83. The van der Waals surface area contributed by atoms with Crippen LogP contribution in [0.25, 0.3) is 0 Å². The number of aliphatic carboxylic acids is 1. The Kier molecular flexibility index (Phi) is 6.67. The second-order valence-corrected chi connectivity index (χ2v) is 7.49. The molecule has 30 heavy (non-hydrogen) atoms. The summed E-state index contributed by atoms with van der Waals surface area (Å²) in [6.45, 7) is -0.968. The predicted octanol–water partition coefficient (Wildman–Crippen LogP) is 1.82. The van der Waals surface area contributed by atoms with E-state index in [-0.39, 0.29) is 6.07 Å². The number of anilines is 1. The van der Waals surface area contributed by atoms with Crippen LogP contribution in [0.4, 0.5) is 23.2 Å². The molecule has 0 aliphatic heterocycles. The van der Waals surface area contributed by atoms with E-state index in [1.165, 1.54) is 12.1 Å². The van der Waals surface area contributed by atoms with Gasteiger partial charge in [-0.1, -0.05) is 12.1 Å². The van der Waals surface area contributed by atoms with E-state index < -0.39 is 68.3 Å². The first-order chi connectivity index (χ1) is 13.9. The number of nitrogens with one attached hydrogen (secondary N) is 2. The molecule has 0 aliphatic rings. The summed E-state index contributed by atoms with van der Waals surface area (Å²) in [7, 11) is -4.64. The number of hydrogen-bond donors (Lipinski definition) is 4. The third-order valence-electron chi connectivity index (χ3n) is 3.73. The van der Waals surface area contributed by atoms with Gasteiger partial charge in [0.2, 0.25) is 0 Å². The second-order valence-electron chi connectivity index (χ2n) is 5.84. The lowest BCUT2D eigenvalue weighted by Gasteiger charge is -2.16. The van der Waals surface area contributed by atoms with Crippen molar-refractivity contribution in [2.24, 2.45) is 0 Å². The number of amides is 1. The van der Waals surface area contributed by atoms with E-state index >= 15 is 0 Å². The topological polar surface area (TPSA) is 133 Å². The Morgan fingerprint density at radius 3 is 2.30 bits per heavy atom. The number of carboxylic acids is 1. The van der Waals surface area contributed by atoms with Crippen LogP contribution in [0.3, 0.4) is 0 Å². The number of hydrogen-bond acceptors (Lipinski definition) is 5. The minimum Gasteiger partial charge on any atom is -0.480 e. The molecule has 2 aromatic carbocycles. The van der Waals surface area contributed by atoms with Crippen LogP contribution in [0.1, 0.15) is 15.9 Å². The van der Waals surface area contributed by atoms with E-state index in [0.29, 0.717) is 6.07 Å². The molecule has 0 saturated heterocycles. The molecule has 2 rings (SSSR count). The summed E-state index contributed by atoms with van der Waals surface area (Å²) in [6, 6.07) is 4.20. The molecule has 13 heteroatoms. The number of carbonyl (C=O) groups is 2. The average Bonchev–Trinajstić information content (AvgIpc) is 2.66. The molecule has 162 valence electrons. The zero-order valence-corrected chi connectivity index (χ0v) is 15.6. The molecule has 1 unspecified atom stereocenters. The number of sulfonamides is 1. The monoisotopic (exact) mass is 450 g/mol. The summed E-state index contributed by atoms with van der Waals surface area (Å²) in [5.74, 6) is -4.34. The van der Waals surface area contributed by atoms with Gasteiger partial charge in [-0.25, -0.2) is 17.6 Å². The Hall–Kier alpha value is -3.19. The van der Waals surface area contributed by atoms with Crippen molar-refractivity contribution in [2.75, 3.05) is 11.3 Å². The highest BCUT2D eigenvalue weighted by molar-refractivity contribution is 7.92. The van der Waals surface area contributed by atoms with E-state index in [0.717, 1.165) is 18.2 Å². The molecule has 0 fully saturated rings. The fourth-order valence-corrected chi connectivity index (χ4v) is 3.58. The molecule has 0 bridgehead atoms. The minimum absolute atomic E-state index is 0.252. The van der Waals surface area contributed by atoms with Crippen molar-refractivity contribution in [2.45, 2.75) is 17.1 Å². The van der Waals surface area contributed by atoms with Gasteiger partial charge in [0.25, 0.3) is 15.9 Å². The van der Waals surface area contributed by atoms with Gasteiger partial charge >= 0.3 is 12.1 Å². The molecule has 0 radical (unpaired) electrons. The molecule has 4 N–H and O–H groups in total. The van der Waals surface area contributed by atoms with Crippen LogP contribution in [-0.2, 0) is 21.0 Å². The van der Waals surface area contributed by atoms with Gasteiger partial charge in [0.1, 0.15) is 10.7 Å². The molecule has 0 spiro atoms. The van der Waals surface area contributed by atoms with Crippen LogP contribution in [0.2, 0.25) is 0 Å². The van der Waals surface area contributed by atoms with Crippen molar-refractivity contribution < 1.29 is 45.8 Å². The SMILES string of the molecule is O=C(NC(CO)C(=O)O)c1ccccc1S(=O)(=O)Nc1ccc(F)c(C(F)(F)F)c1. The normalized spacial score (nSPS) is 12.8. The minimum atomic E-state index is -5.07. The van der Waals surface area contributed by atoms with Gasteiger partial charge in [0.15, 0.2) is 6.04 Å². The summed E-state index contributed by atoms with van der Waals surface area (Å²) in [4.78, 5) is 22.5. The Morgan fingerprint density at radius 1 is 1.10 bits per heavy atom. The van der Waals surface area contributed by atoms with E-state index in [9.17, 15) is 35.6 Å². The quantitative estimate of drug-likeness (QED) is 0.476. The highest BCUT2D eigenvalue weighted by Crippen LogP contribution is 2.33. The molecule has 0 heterocycles. The maximum Gasteiger partial charge on any atom is 0.419 e. The maximum absolute atomic E-state index is 13.4. The largest absolute Gasteiger partial charge is 0.480 e. The van der Waals surface area contributed by atoms with Gasteiger partial charge < -0.3 is 15.5 Å². The molecule has 8 nitrogen and oxygen atoms in total. The van der Waals surface area contributed by atoms with Crippen LogP contribution in [0, 0.1) is 5.82 Å². The number of alkyl halides is 3. The highest BCUT2D eigenvalue weighted by atomic mass is 32.2. The third kappa shape index (κ3) is 5.24. The number of benzene rings is 2. The van der Waals surface area contributed by atoms with Crippen molar-refractivity contribution in [1.82, 2.24) is 5.32 Å². The molecule has 0 aliphatic carbocycles. The lowest BCUT2D eigenvalue weighted by Crippen LogP contribution is -2.43. The van der Waals surface area contributed by atoms with Gasteiger partial charge in [-0.15, -0.1) is 0 Å². The molecule has 0 aromatic heterocycles. The third-order valence-corrected chi connectivity index (χ3v) is 5.17. The van der Waals surface area contributed by atoms with Crippen LogP contribution in [-0.4, -0.2) is 43.2 Å². The molecule has 2 aromatic rings. The van der Waals surface area contributed by atoms with Crippen LogP contribution in [0.15, 0.2) is 47.4 Å². The summed E-state index contributed by atoms with van der Waals surface area (Å²) < 4.78 is 79.0. The van der Waals surface area contributed by atoms with Crippen molar-refractivity contribution >= 4 is 27.6 Å². The van der Waals surface area contributed by atoms with Gasteiger partial charge in [-0.05, 0) is 30.3 Å². The Balaban J connectivity index is 2.41. The second kappa shape index (κ2) is 8.67. The Labute approximate surface area is 167 Å². The fourth-order valence-electron chi connectivity index (χ4n) is 2.33. The zero-order valence-electron chi connectivity index (χ0n) is 14.8. The zero-order chi connectivity index (χ0) is 22.7. The fraction of sp³-hybridized carbons (Fsp3) is 0.176. The average molecular weight is 450 g/mol. The van der Waals surface area contributed by atoms with Crippen LogP contribution in [0.5, 0.6) is 0 Å². The standard InChI is InChI=1S/C17H14F4N2O6S/c18-12-6-5-9(7-11(12)17(19,20)21)23-30(28,29)14-4-2-1-3-10(14)15(25)22-13(8-24)16(26)27/h1-7,13,23-24H,8H2,(H,22,25)(H,26,27). The van der Waals surface area contributed by atoms with Crippen molar-refractivity contribution in [3.05, 3.63) is 59.4 Å². The number of rotatable bonds is 7. The molecule has 0 saturated carbocycles. The lowest BCUT2D eigenvalue weighted by atomic mass is 10.2. The number of halogens is 4. The van der Waals surface area contributed by atoms with Crippen molar-refractivity contribution in [3.8, 4) is 0 Å². The van der Waals surface area contributed by atoms with E-state index in [1.54, 1.807) is 0 Å². The van der Waals surface area contributed by atoms with Crippen LogP contribution >= 0.6 is 0 Å². The Morgan fingerprint density at radius 2 is 1.73 bits per heavy atom. The van der Waals surface area contributed by atoms with E-state index in [2.05, 4.69) is 0 Å². The lowest BCUT2D eigenvalue weighted by molar-refractivity contribution is -0.141. The van der Waals surface area contributed by atoms with E-state index in [4.69, 9.17) is 10.2 Å². The first kappa shape index (κ1) is 23.1. The van der Waals surface area contributed by atoms with Gasteiger partial charge in [-0.3, -0.25) is 9.52 Å². The molecular weight excluding hydrogens is 436 g/mol. The smallest absolute Gasteiger partial charge is 0.419 e. The molecule has 1 amide bonds. The predicted molar refractivity (Wildman–Crippen MR) is 94.6 cm³/mol. The number of carbonyl (C=O) groups excluding carboxylic acids is 1. The first-order valence-corrected chi connectivity index (χ1v) is 9.48. The number of aliphatic hydroxyl groups excluding tert-OH is 1. The highest BCUT2D eigenvalue weighted by Gasteiger charge is 2.35. The van der Waals surface area contributed by atoms with Gasteiger partial charge in [-0.2, -0.15) is 13.2 Å². The Bertz CT molecular complexity index is 1070. The maximum atomic E-state index is 13.4. The summed E-state index contributed by atoms with van der Waals surface area (Å²) >= 11 is 0. The molecular formula is C17H14F4N2O6S. The summed E-state index contributed by atoms with van der Waals surface area (Å²) in [5, 5.41) is 19.8. The van der Waals surface area contributed by atoms with Crippen LogP contribution < -0.4 is 10.0 Å². The van der Waals surface area contributed by atoms with E-state index in [1.807, 2.05) is 10.0 Å². The summed E-state index contributed by atoms with van der Waals surface area (Å²) in [6.07, 6.45) is -5.07. The number of carboxylic acid groups (broad SMARTS) is 1. The first-order valence-electron chi connectivity index (χ1n) is 8.00. The van der Waals surface area contributed by atoms with Crippen molar-refractivity contribution in [1.29, 1.82) is 0 Å². The number of aliphatic hydroxyl groups is 1. The van der Waals surface area contributed by atoms with Crippen molar-refractivity contribution in [3.63, 3.8) is 0 Å². The van der Waals surface area contributed by atoms with Gasteiger partial charge in [0.05, 0.1) is 17.7 Å². The molecule has 1 atom stereocenters.